The zero-order chi connectivity index (χ0) is 30.9. The predicted molar refractivity (Wildman–Crippen MR) is 163 cm³/mol. The number of cyclic esters (lactones) is 1. The van der Waals surface area contributed by atoms with E-state index in [4.69, 9.17) is 18.9 Å². The van der Waals surface area contributed by atoms with Crippen molar-refractivity contribution in [3.63, 3.8) is 0 Å². The summed E-state index contributed by atoms with van der Waals surface area (Å²) in [6.45, 7) is 13.5. The molecule has 13 atom stereocenters. The Labute approximate surface area is 263 Å². The van der Waals surface area contributed by atoms with Crippen LogP contribution in [0.4, 0.5) is 0 Å². The highest BCUT2D eigenvalue weighted by atomic mass is 16.7. The van der Waals surface area contributed by atoms with E-state index in [1.807, 2.05) is 0 Å². The molecule has 8 heteroatoms. The van der Waals surface area contributed by atoms with Crippen LogP contribution in [0.3, 0.4) is 0 Å². The van der Waals surface area contributed by atoms with Crippen molar-refractivity contribution >= 4 is 5.97 Å². The number of ether oxygens (including phenoxy) is 4. The molecule has 3 heterocycles. The number of carbonyl (C=O) groups excluding carboxylic acids is 1. The number of esters is 1. The van der Waals surface area contributed by atoms with E-state index in [9.17, 15) is 15.0 Å². The molecule has 3 aliphatic heterocycles. The van der Waals surface area contributed by atoms with Crippen molar-refractivity contribution in [2.24, 2.45) is 45.3 Å². The van der Waals surface area contributed by atoms with Crippen LogP contribution in [0.25, 0.3) is 0 Å². The molecule has 248 valence electrons. The van der Waals surface area contributed by atoms with Gasteiger partial charge in [-0.3, -0.25) is 9.69 Å². The summed E-state index contributed by atoms with van der Waals surface area (Å²) in [5.41, 5.74) is 0.189. The number of nitrogens with zero attached hydrogens (tertiary/aromatic N) is 1. The highest BCUT2D eigenvalue weighted by Gasteiger charge is 2.80. The number of carbonyl (C=O) groups is 1. The number of hydrogen-bond donors (Lipinski definition) is 2. The van der Waals surface area contributed by atoms with Gasteiger partial charge in [0.1, 0.15) is 12.1 Å². The molecule has 0 aromatic carbocycles. The summed E-state index contributed by atoms with van der Waals surface area (Å²) >= 11 is 0. The third kappa shape index (κ3) is 4.25. The Morgan fingerprint density at radius 3 is 2.50 bits per heavy atom. The molecule has 2 spiro atoms. The second-order valence-corrected chi connectivity index (χ2v) is 17.8. The zero-order valence-electron chi connectivity index (χ0n) is 27.8. The van der Waals surface area contributed by atoms with Crippen LogP contribution in [0.15, 0.2) is 0 Å². The third-order valence-corrected chi connectivity index (χ3v) is 15.4. The van der Waals surface area contributed by atoms with Crippen LogP contribution in [0.2, 0.25) is 0 Å². The van der Waals surface area contributed by atoms with E-state index in [0.717, 1.165) is 44.6 Å². The monoisotopic (exact) mass is 615 g/mol. The van der Waals surface area contributed by atoms with Gasteiger partial charge in [0, 0.05) is 13.0 Å². The van der Waals surface area contributed by atoms with Crippen LogP contribution in [-0.4, -0.2) is 89.7 Å². The first-order chi connectivity index (χ1) is 20.8. The Morgan fingerprint density at radius 2 is 1.75 bits per heavy atom. The van der Waals surface area contributed by atoms with Gasteiger partial charge in [-0.1, -0.05) is 20.8 Å². The van der Waals surface area contributed by atoms with Crippen LogP contribution in [-0.2, 0) is 23.7 Å². The molecular weight excluding hydrogens is 558 g/mol. The SMILES string of the molecule is CC(C)(O)[C@@H](O)C1CC[C@H]2C(CC3C4CCC5C(C)(C)[C@@H](OC6CN([C@@H]7CCOC7=O)CCO6)CCC56CC46CCC32C)O1. The van der Waals surface area contributed by atoms with Gasteiger partial charge in [-0.15, -0.1) is 0 Å². The molecule has 9 unspecified atom stereocenters. The molecule has 0 bridgehead atoms. The maximum atomic E-state index is 12.3. The number of aliphatic hydroxyl groups is 2. The van der Waals surface area contributed by atoms with Gasteiger partial charge in [0.05, 0.1) is 43.7 Å². The second-order valence-electron chi connectivity index (χ2n) is 17.8. The van der Waals surface area contributed by atoms with E-state index >= 15 is 0 Å². The molecule has 8 nitrogen and oxygen atoms in total. The average Bonchev–Trinajstić information content (AvgIpc) is 3.27. The lowest BCUT2D eigenvalue weighted by Gasteiger charge is -2.60. The van der Waals surface area contributed by atoms with Crippen molar-refractivity contribution in [1.82, 2.24) is 4.90 Å². The largest absolute Gasteiger partial charge is 0.464 e. The Balaban J connectivity index is 0.962. The summed E-state index contributed by atoms with van der Waals surface area (Å²) in [7, 11) is 0. The maximum Gasteiger partial charge on any atom is 0.323 e. The average molecular weight is 616 g/mol. The summed E-state index contributed by atoms with van der Waals surface area (Å²) < 4.78 is 24.9. The molecule has 8 rings (SSSR count). The van der Waals surface area contributed by atoms with Gasteiger partial charge in [0.25, 0.3) is 0 Å². The molecule has 44 heavy (non-hydrogen) atoms. The Kier molecular flexibility index (Phi) is 7.03. The zero-order valence-corrected chi connectivity index (χ0v) is 27.8. The first-order valence-corrected chi connectivity index (χ1v) is 18.0. The highest BCUT2D eigenvalue weighted by Crippen LogP contribution is 2.87. The molecule has 8 aliphatic rings. The standard InChI is InChI=1S/C36H57NO7/c1-32(2)27-9-7-21-23-18-26-22(6-8-25(43-26)30(38)33(3,4)40)34(23,5)13-14-35(21)20-36(27,35)12-10-28(32)44-29-19-37(15-17-41-29)24-11-16-42-31(24)39/h21-30,38,40H,6-20H2,1-5H3/t21?,22-,23?,24+,25?,26?,27?,28-,29?,30-,34?,35?,36?/m0/s1. The topological polar surface area (TPSA) is 97.7 Å². The first kappa shape index (κ1) is 30.6. The molecule has 0 radical (unpaired) electrons. The van der Waals surface area contributed by atoms with Crippen LogP contribution >= 0.6 is 0 Å². The van der Waals surface area contributed by atoms with Gasteiger partial charge in [0.15, 0.2) is 6.29 Å². The predicted octanol–water partition coefficient (Wildman–Crippen LogP) is 4.68. The number of hydrogen-bond acceptors (Lipinski definition) is 8. The summed E-state index contributed by atoms with van der Waals surface area (Å²) in [6, 6.07) is -0.145. The van der Waals surface area contributed by atoms with Gasteiger partial charge < -0.3 is 29.2 Å². The van der Waals surface area contributed by atoms with Crippen molar-refractivity contribution in [2.75, 3.05) is 26.3 Å². The van der Waals surface area contributed by atoms with Gasteiger partial charge in [-0.05, 0) is 123 Å². The van der Waals surface area contributed by atoms with E-state index < -0.39 is 11.7 Å². The van der Waals surface area contributed by atoms with E-state index in [1.165, 1.54) is 38.5 Å². The molecule has 2 N–H and O–H groups in total. The molecule has 0 aromatic heterocycles. The summed E-state index contributed by atoms with van der Waals surface area (Å²) in [4.78, 5) is 14.5. The van der Waals surface area contributed by atoms with E-state index in [1.54, 1.807) is 13.8 Å². The van der Waals surface area contributed by atoms with Crippen LogP contribution in [0.5, 0.6) is 0 Å². The number of rotatable bonds is 5. The molecule has 5 aliphatic carbocycles. The number of morpholine rings is 1. The number of fused-ring (bicyclic) bond motifs is 4. The minimum atomic E-state index is -1.14. The fourth-order valence-electron chi connectivity index (χ4n) is 13.2. The normalized spacial score (nSPS) is 52.2. The maximum absolute atomic E-state index is 12.3. The van der Waals surface area contributed by atoms with E-state index in [-0.39, 0.29) is 42.0 Å². The fourth-order valence-corrected chi connectivity index (χ4v) is 13.2. The Bertz CT molecular complexity index is 1150. The van der Waals surface area contributed by atoms with Crippen molar-refractivity contribution in [3.05, 3.63) is 0 Å². The Hall–Kier alpha value is -0.770. The first-order valence-electron chi connectivity index (χ1n) is 18.0. The van der Waals surface area contributed by atoms with Crippen LogP contribution in [0, 0.1) is 45.3 Å². The highest BCUT2D eigenvalue weighted by molar-refractivity contribution is 5.77. The van der Waals surface area contributed by atoms with E-state index in [0.29, 0.717) is 53.8 Å². The molecular formula is C36H57NO7. The third-order valence-electron chi connectivity index (χ3n) is 15.4. The summed E-state index contributed by atoms with van der Waals surface area (Å²) in [5, 5.41) is 21.3. The molecule has 5 saturated carbocycles. The second kappa shape index (κ2) is 10.1. The molecule has 8 fully saturated rings. The van der Waals surface area contributed by atoms with Gasteiger partial charge in [-0.2, -0.15) is 0 Å². The molecule has 0 amide bonds. The lowest BCUT2D eigenvalue weighted by molar-refractivity contribution is -0.247. The van der Waals surface area contributed by atoms with E-state index in [2.05, 4.69) is 25.7 Å². The minimum absolute atomic E-state index is 0.0820. The van der Waals surface area contributed by atoms with Crippen molar-refractivity contribution in [3.8, 4) is 0 Å². The van der Waals surface area contributed by atoms with Gasteiger partial charge in [-0.25, -0.2) is 0 Å². The molecule has 3 saturated heterocycles. The quantitative estimate of drug-likeness (QED) is 0.431. The fraction of sp³-hybridized carbons (Fsp3) is 0.972. The Morgan fingerprint density at radius 1 is 0.955 bits per heavy atom. The summed E-state index contributed by atoms with van der Waals surface area (Å²) in [6.07, 6.45) is 11.9. The lowest BCUT2D eigenvalue weighted by atomic mass is 9.46. The van der Waals surface area contributed by atoms with Crippen LogP contribution < -0.4 is 0 Å². The minimum Gasteiger partial charge on any atom is -0.464 e. The van der Waals surface area contributed by atoms with Crippen LogP contribution in [0.1, 0.15) is 105 Å². The van der Waals surface area contributed by atoms with Gasteiger partial charge in [0.2, 0.25) is 0 Å². The van der Waals surface area contributed by atoms with Gasteiger partial charge >= 0.3 is 5.97 Å². The molecule has 0 aromatic rings. The van der Waals surface area contributed by atoms with Crippen molar-refractivity contribution < 1.29 is 34.0 Å². The van der Waals surface area contributed by atoms with Crippen molar-refractivity contribution in [1.29, 1.82) is 0 Å². The summed E-state index contributed by atoms with van der Waals surface area (Å²) in [5.74, 6) is 2.63. The number of aliphatic hydroxyl groups excluding tert-OH is 1. The van der Waals surface area contributed by atoms with Crippen molar-refractivity contribution in [2.45, 2.75) is 148 Å². The smallest absolute Gasteiger partial charge is 0.323 e. The lowest BCUT2D eigenvalue weighted by Crippen LogP contribution is -2.57.